The maximum Gasteiger partial charge on any atom is 0.126 e. The molecule has 1 atom stereocenters. The lowest BCUT2D eigenvalue weighted by Crippen LogP contribution is -2.17. The van der Waals surface area contributed by atoms with Crippen LogP contribution in [0.3, 0.4) is 0 Å². The van der Waals surface area contributed by atoms with Crippen LogP contribution in [-0.4, -0.2) is 6.61 Å². The molecule has 1 aromatic rings. The minimum atomic E-state index is -0.266. The summed E-state index contributed by atoms with van der Waals surface area (Å²) in [5, 5.41) is 0. The molecule has 100 valence electrons. The molecule has 0 saturated heterocycles. The van der Waals surface area contributed by atoms with Gasteiger partial charge < -0.3 is 10.5 Å². The van der Waals surface area contributed by atoms with Gasteiger partial charge >= 0.3 is 0 Å². The van der Waals surface area contributed by atoms with Crippen molar-refractivity contribution < 1.29 is 9.13 Å². The molecular weight excluding hydrogens is 229 g/mol. The van der Waals surface area contributed by atoms with Gasteiger partial charge in [0.1, 0.15) is 11.6 Å². The summed E-state index contributed by atoms with van der Waals surface area (Å²) in [5.41, 5.74) is 6.75. The second kappa shape index (κ2) is 6.19. The Hall–Kier alpha value is -1.09. The van der Waals surface area contributed by atoms with E-state index in [1.165, 1.54) is 44.2 Å². The van der Waals surface area contributed by atoms with E-state index in [1.54, 1.807) is 6.07 Å². The van der Waals surface area contributed by atoms with Gasteiger partial charge in [-0.05, 0) is 31.7 Å². The summed E-state index contributed by atoms with van der Waals surface area (Å²) in [7, 11) is 0. The van der Waals surface area contributed by atoms with Gasteiger partial charge in [0.2, 0.25) is 0 Å². The largest absolute Gasteiger partial charge is 0.493 e. The molecule has 1 aromatic carbocycles. The summed E-state index contributed by atoms with van der Waals surface area (Å²) in [6.45, 7) is 2.57. The first-order chi connectivity index (χ1) is 8.66. The highest BCUT2D eigenvalue weighted by atomic mass is 19.1. The first-order valence-corrected chi connectivity index (χ1v) is 6.84. The Labute approximate surface area is 108 Å². The lowest BCUT2D eigenvalue weighted by atomic mass is 9.90. The summed E-state index contributed by atoms with van der Waals surface area (Å²) >= 11 is 0. The van der Waals surface area contributed by atoms with Gasteiger partial charge in [0.05, 0.1) is 6.61 Å². The van der Waals surface area contributed by atoms with Crippen molar-refractivity contribution in [3.63, 3.8) is 0 Å². The molecule has 18 heavy (non-hydrogen) atoms. The predicted molar refractivity (Wildman–Crippen MR) is 71.1 cm³/mol. The molecule has 0 heterocycles. The molecule has 2 N–H and O–H groups in total. The second-order valence-electron chi connectivity index (χ2n) is 5.29. The highest BCUT2D eigenvalue weighted by Crippen LogP contribution is 2.28. The highest BCUT2D eigenvalue weighted by Gasteiger charge is 2.16. The van der Waals surface area contributed by atoms with Gasteiger partial charge in [0, 0.05) is 17.7 Å². The molecule has 0 spiro atoms. The third kappa shape index (κ3) is 3.45. The molecule has 1 fully saturated rings. The van der Waals surface area contributed by atoms with E-state index in [-0.39, 0.29) is 11.9 Å². The maximum atomic E-state index is 13.3. The Kier molecular flexibility index (Phi) is 4.59. The third-order valence-electron chi connectivity index (χ3n) is 3.67. The fourth-order valence-electron chi connectivity index (χ4n) is 2.57. The zero-order valence-corrected chi connectivity index (χ0v) is 11.0. The monoisotopic (exact) mass is 251 g/mol. The first kappa shape index (κ1) is 13.3. The average Bonchev–Trinajstić information content (AvgIpc) is 2.37. The maximum absolute atomic E-state index is 13.3. The van der Waals surface area contributed by atoms with Gasteiger partial charge in [-0.1, -0.05) is 25.3 Å². The molecule has 0 radical (unpaired) electrons. The van der Waals surface area contributed by atoms with Crippen molar-refractivity contribution in [2.24, 2.45) is 11.7 Å². The molecule has 2 nitrogen and oxygen atoms in total. The second-order valence-corrected chi connectivity index (χ2v) is 5.29. The zero-order chi connectivity index (χ0) is 13.0. The van der Waals surface area contributed by atoms with Crippen molar-refractivity contribution in [2.75, 3.05) is 6.61 Å². The SMILES string of the molecule is CC(N)c1ccc(F)cc1OCC1CCCCC1. The summed E-state index contributed by atoms with van der Waals surface area (Å²) in [6, 6.07) is 4.47. The van der Waals surface area contributed by atoms with E-state index in [4.69, 9.17) is 10.5 Å². The fraction of sp³-hybridized carbons (Fsp3) is 0.600. The number of halogens is 1. The lowest BCUT2D eigenvalue weighted by molar-refractivity contribution is 0.206. The third-order valence-corrected chi connectivity index (χ3v) is 3.67. The van der Waals surface area contributed by atoms with Crippen molar-refractivity contribution in [1.29, 1.82) is 0 Å². The molecule has 1 unspecified atom stereocenters. The first-order valence-electron chi connectivity index (χ1n) is 6.84. The molecule has 3 heteroatoms. The molecule has 1 aliphatic carbocycles. The van der Waals surface area contributed by atoms with Crippen LogP contribution >= 0.6 is 0 Å². The van der Waals surface area contributed by atoms with E-state index in [0.717, 1.165) is 5.56 Å². The van der Waals surface area contributed by atoms with Crippen LogP contribution in [0.5, 0.6) is 5.75 Å². The number of nitrogens with two attached hydrogens (primary N) is 1. The van der Waals surface area contributed by atoms with E-state index in [0.29, 0.717) is 18.3 Å². The molecule has 1 saturated carbocycles. The fourth-order valence-corrected chi connectivity index (χ4v) is 2.57. The van der Waals surface area contributed by atoms with E-state index in [2.05, 4.69) is 0 Å². The Morgan fingerprint density at radius 3 is 2.72 bits per heavy atom. The minimum absolute atomic E-state index is 0.132. The Bertz CT molecular complexity index is 386. The van der Waals surface area contributed by atoms with Gasteiger partial charge in [-0.15, -0.1) is 0 Å². The van der Waals surface area contributed by atoms with Gasteiger partial charge in [-0.25, -0.2) is 4.39 Å². The van der Waals surface area contributed by atoms with Gasteiger partial charge in [-0.2, -0.15) is 0 Å². The van der Waals surface area contributed by atoms with Crippen LogP contribution in [0.15, 0.2) is 18.2 Å². The summed E-state index contributed by atoms with van der Waals surface area (Å²) in [5.74, 6) is 0.955. The van der Waals surface area contributed by atoms with E-state index >= 15 is 0 Å². The molecule has 0 amide bonds. The summed E-state index contributed by atoms with van der Waals surface area (Å²) < 4.78 is 19.1. The molecule has 2 rings (SSSR count). The Morgan fingerprint density at radius 1 is 1.33 bits per heavy atom. The lowest BCUT2D eigenvalue weighted by Gasteiger charge is -2.23. The van der Waals surface area contributed by atoms with Gasteiger partial charge in [0.25, 0.3) is 0 Å². The molecule has 1 aliphatic rings. The number of ether oxygens (including phenoxy) is 1. The number of hydrogen-bond acceptors (Lipinski definition) is 2. The average molecular weight is 251 g/mol. The van der Waals surface area contributed by atoms with Crippen LogP contribution in [0.4, 0.5) is 4.39 Å². The van der Waals surface area contributed by atoms with Crippen molar-refractivity contribution in [3.05, 3.63) is 29.6 Å². The van der Waals surface area contributed by atoms with E-state index < -0.39 is 0 Å². The van der Waals surface area contributed by atoms with Crippen LogP contribution in [0.1, 0.15) is 50.6 Å². The van der Waals surface area contributed by atoms with Crippen LogP contribution in [0, 0.1) is 11.7 Å². The van der Waals surface area contributed by atoms with Crippen molar-refractivity contribution in [2.45, 2.75) is 45.1 Å². The van der Waals surface area contributed by atoms with Gasteiger partial charge in [0.15, 0.2) is 0 Å². The topological polar surface area (TPSA) is 35.2 Å². The van der Waals surface area contributed by atoms with Crippen LogP contribution in [-0.2, 0) is 0 Å². The summed E-state index contributed by atoms with van der Waals surface area (Å²) in [4.78, 5) is 0. The van der Waals surface area contributed by atoms with Gasteiger partial charge in [-0.3, -0.25) is 0 Å². The Morgan fingerprint density at radius 2 is 2.06 bits per heavy atom. The minimum Gasteiger partial charge on any atom is -0.493 e. The molecule has 0 bridgehead atoms. The number of rotatable bonds is 4. The van der Waals surface area contributed by atoms with Crippen molar-refractivity contribution in [3.8, 4) is 5.75 Å². The van der Waals surface area contributed by atoms with E-state index in [9.17, 15) is 4.39 Å². The van der Waals surface area contributed by atoms with Crippen molar-refractivity contribution in [1.82, 2.24) is 0 Å². The highest BCUT2D eigenvalue weighted by molar-refractivity contribution is 5.36. The normalized spacial score (nSPS) is 18.6. The quantitative estimate of drug-likeness (QED) is 0.883. The molecule has 0 aliphatic heterocycles. The Balaban J connectivity index is 2.00. The van der Waals surface area contributed by atoms with Crippen LogP contribution < -0.4 is 10.5 Å². The molecular formula is C15H22FNO. The predicted octanol–water partition coefficient (Wildman–Crippen LogP) is 3.80. The smallest absolute Gasteiger partial charge is 0.126 e. The molecule has 0 aromatic heterocycles. The van der Waals surface area contributed by atoms with Crippen molar-refractivity contribution >= 4 is 0 Å². The van der Waals surface area contributed by atoms with Crippen LogP contribution in [0.2, 0.25) is 0 Å². The standard InChI is InChI=1S/C15H22FNO/c1-11(17)14-8-7-13(16)9-15(14)18-10-12-5-3-2-4-6-12/h7-9,11-12H,2-6,10,17H2,1H3. The number of hydrogen-bond donors (Lipinski definition) is 1. The number of benzene rings is 1. The zero-order valence-electron chi connectivity index (χ0n) is 11.0. The summed E-state index contributed by atoms with van der Waals surface area (Å²) in [6.07, 6.45) is 6.36. The van der Waals surface area contributed by atoms with Crippen LogP contribution in [0.25, 0.3) is 0 Å². The van der Waals surface area contributed by atoms with E-state index in [1.807, 2.05) is 6.92 Å².